The van der Waals surface area contributed by atoms with Crippen LogP contribution in [0.15, 0.2) is 18.3 Å². The van der Waals surface area contributed by atoms with E-state index in [9.17, 15) is 5.11 Å². The zero-order valence-electron chi connectivity index (χ0n) is 12.8. The summed E-state index contributed by atoms with van der Waals surface area (Å²) in [5.41, 5.74) is 1.26. The van der Waals surface area contributed by atoms with E-state index in [0.717, 1.165) is 38.3 Å². The molecule has 0 amide bonds. The van der Waals surface area contributed by atoms with Crippen LogP contribution in [0.1, 0.15) is 45.2 Å². The summed E-state index contributed by atoms with van der Waals surface area (Å²) in [6.45, 7) is 9.17. The molecule has 3 unspecified atom stereocenters. The Labute approximate surface area is 122 Å². The highest BCUT2D eigenvalue weighted by Crippen LogP contribution is 2.29. The Morgan fingerprint density at radius 3 is 2.95 bits per heavy atom. The Balaban J connectivity index is 2.12. The van der Waals surface area contributed by atoms with E-state index in [1.54, 1.807) is 0 Å². The number of aliphatic hydroxyl groups is 1. The first-order chi connectivity index (χ1) is 9.63. The van der Waals surface area contributed by atoms with Gasteiger partial charge in [-0.2, -0.15) is 0 Å². The molecule has 0 spiro atoms. The van der Waals surface area contributed by atoms with Gasteiger partial charge in [-0.25, -0.2) is 4.98 Å². The Kier molecular flexibility index (Phi) is 5.38. The number of rotatable bonds is 6. The molecule has 0 aromatic carbocycles. The summed E-state index contributed by atoms with van der Waals surface area (Å²) < 4.78 is 0. The van der Waals surface area contributed by atoms with Crippen molar-refractivity contribution in [1.82, 2.24) is 10.3 Å². The first kappa shape index (κ1) is 15.3. The quantitative estimate of drug-likeness (QED) is 0.838. The van der Waals surface area contributed by atoms with Crippen LogP contribution in [0.2, 0.25) is 0 Å². The fourth-order valence-electron chi connectivity index (χ4n) is 2.86. The van der Waals surface area contributed by atoms with E-state index in [1.807, 2.05) is 19.2 Å². The van der Waals surface area contributed by atoms with Gasteiger partial charge in [-0.05, 0) is 39.3 Å². The lowest BCUT2D eigenvalue weighted by Gasteiger charge is -2.24. The van der Waals surface area contributed by atoms with Gasteiger partial charge in [-0.3, -0.25) is 0 Å². The molecule has 0 aliphatic carbocycles. The van der Waals surface area contributed by atoms with Crippen molar-refractivity contribution in [2.24, 2.45) is 5.92 Å². The molecule has 0 bridgehead atoms. The number of aliphatic hydroxyl groups excluding tert-OH is 1. The third-order valence-electron chi connectivity index (χ3n) is 4.19. The molecule has 4 heteroatoms. The Morgan fingerprint density at radius 1 is 1.50 bits per heavy atom. The topological polar surface area (TPSA) is 48.4 Å². The van der Waals surface area contributed by atoms with Crippen LogP contribution in [0.25, 0.3) is 0 Å². The van der Waals surface area contributed by atoms with Crippen molar-refractivity contribution in [3.63, 3.8) is 0 Å². The van der Waals surface area contributed by atoms with Gasteiger partial charge >= 0.3 is 0 Å². The SMILES string of the molecule is CCCNC(C)c1cccnc1N1CCC(C(C)O)C1. The van der Waals surface area contributed by atoms with Crippen molar-refractivity contribution in [2.75, 3.05) is 24.5 Å². The van der Waals surface area contributed by atoms with Crippen LogP contribution in [-0.2, 0) is 0 Å². The van der Waals surface area contributed by atoms with Gasteiger partial charge in [0.2, 0.25) is 0 Å². The van der Waals surface area contributed by atoms with Gasteiger partial charge in [0, 0.05) is 36.8 Å². The van der Waals surface area contributed by atoms with Gasteiger partial charge in [-0.1, -0.05) is 13.0 Å². The smallest absolute Gasteiger partial charge is 0.133 e. The van der Waals surface area contributed by atoms with E-state index in [2.05, 4.69) is 35.1 Å². The lowest BCUT2D eigenvalue weighted by atomic mass is 10.0. The maximum absolute atomic E-state index is 9.75. The number of nitrogens with zero attached hydrogens (tertiary/aromatic N) is 2. The highest BCUT2D eigenvalue weighted by Gasteiger charge is 2.28. The second-order valence-electron chi connectivity index (χ2n) is 5.83. The van der Waals surface area contributed by atoms with Crippen molar-refractivity contribution in [2.45, 2.75) is 45.8 Å². The molecule has 1 fully saturated rings. The third-order valence-corrected chi connectivity index (χ3v) is 4.19. The van der Waals surface area contributed by atoms with E-state index < -0.39 is 0 Å². The zero-order valence-corrected chi connectivity index (χ0v) is 12.8. The number of hydrogen-bond donors (Lipinski definition) is 2. The molecule has 1 aromatic heterocycles. The highest BCUT2D eigenvalue weighted by atomic mass is 16.3. The monoisotopic (exact) mass is 277 g/mol. The molecule has 20 heavy (non-hydrogen) atoms. The molecule has 112 valence electrons. The van der Waals surface area contributed by atoms with Crippen LogP contribution in [0.3, 0.4) is 0 Å². The molecule has 0 saturated carbocycles. The molecule has 3 atom stereocenters. The van der Waals surface area contributed by atoms with Crippen molar-refractivity contribution < 1.29 is 5.11 Å². The van der Waals surface area contributed by atoms with Gasteiger partial charge in [0.05, 0.1) is 6.10 Å². The minimum atomic E-state index is -0.234. The summed E-state index contributed by atoms with van der Waals surface area (Å²) >= 11 is 0. The van der Waals surface area contributed by atoms with Crippen molar-refractivity contribution in [1.29, 1.82) is 0 Å². The third kappa shape index (κ3) is 3.49. The summed E-state index contributed by atoms with van der Waals surface area (Å²) in [7, 11) is 0. The fraction of sp³-hybridized carbons (Fsp3) is 0.688. The van der Waals surface area contributed by atoms with Gasteiger partial charge in [0.15, 0.2) is 0 Å². The van der Waals surface area contributed by atoms with Crippen LogP contribution in [0.4, 0.5) is 5.82 Å². The van der Waals surface area contributed by atoms with E-state index in [4.69, 9.17) is 0 Å². The maximum atomic E-state index is 9.75. The number of aromatic nitrogens is 1. The molecule has 2 rings (SSSR count). The minimum Gasteiger partial charge on any atom is -0.393 e. The van der Waals surface area contributed by atoms with Gasteiger partial charge < -0.3 is 15.3 Å². The number of anilines is 1. The summed E-state index contributed by atoms with van der Waals surface area (Å²) in [5, 5.41) is 13.3. The Hall–Kier alpha value is -1.13. The molecular weight excluding hydrogens is 250 g/mol. The molecule has 1 aliphatic rings. The van der Waals surface area contributed by atoms with Crippen LogP contribution in [0.5, 0.6) is 0 Å². The van der Waals surface area contributed by atoms with Gasteiger partial charge in [0.25, 0.3) is 0 Å². The molecule has 4 nitrogen and oxygen atoms in total. The van der Waals surface area contributed by atoms with E-state index in [0.29, 0.717) is 12.0 Å². The second-order valence-corrected chi connectivity index (χ2v) is 5.83. The number of hydrogen-bond acceptors (Lipinski definition) is 4. The summed E-state index contributed by atoms with van der Waals surface area (Å²) in [4.78, 5) is 6.90. The van der Waals surface area contributed by atoms with Crippen molar-refractivity contribution in [3.05, 3.63) is 23.9 Å². The Bertz CT molecular complexity index is 422. The maximum Gasteiger partial charge on any atom is 0.133 e. The van der Waals surface area contributed by atoms with Gasteiger partial charge in [-0.15, -0.1) is 0 Å². The van der Waals surface area contributed by atoms with Crippen molar-refractivity contribution >= 4 is 5.82 Å². The summed E-state index contributed by atoms with van der Waals surface area (Å²) in [5.74, 6) is 1.44. The first-order valence-electron chi connectivity index (χ1n) is 7.74. The molecular formula is C16H27N3O. The lowest BCUT2D eigenvalue weighted by Crippen LogP contribution is -2.28. The predicted octanol–water partition coefficient (Wildman–Crippen LogP) is 2.35. The van der Waals surface area contributed by atoms with Crippen LogP contribution < -0.4 is 10.2 Å². The average molecular weight is 277 g/mol. The van der Waals surface area contributed by atoms with Crippen LogP contribution in [-0.4, -0.2) is 35.8 Å². The van der Waals surface area contributed by atoms with Gasteiger partial charge in [0.1, 0.15) is 5.82 Å². The summed E-state index contributed by atoms with van der Waals surface area (Å²) in [6, 6.07) is 4.47. The molecule has 0 radical (unpaired) electrons. The fourth-order valence-corrected chi connectivity index (χ4v) is 2.86. The van der Waals surface area contributed by atoms with Crippen LogP contribution >= 0.6 is 0 Å². The molecule has 2 heterocycles. The first-order valence-corrected chi connectivity index (χ1v) is 7.74. The molecule has 1 aliphatic heterocycles. The molecule has 1 aromatic rings. The van der Waals surface area contributed by atoms with E-state index in [1.165, 1.54) is 5.56 Å². The number of pyridine rings is 1. The lowest BCUT2D eigenvalue weighted by molar-refractivity contribution is 0.136. The van der Waals surface area contributed by atoms with Crippen LogP contribution in [0, 0.1) is 5.92 Å². The zero-order chi connectivity index (χ0) is 14.5. The Morgan fingerprint density at radius 2 is 2.30 bits per heavy atom. The van der Waals surface area contributed by atoms with E-state index in [-0.39, 0.29) is 6.10 Å². The highest BCUT2D eigenvalue weighted by molar-refractivity contribution is 5.49. The van der Waals surface area contributed by atoms with Crippen molar-refractivity contribution in [3.8, 4) is 0 Å². The standard InChI is InChI=1S/C16H27N3O/c1-4-8-17-12(2)15-6-5-9-18-16(15)19-10-7-14(11-19)13(3)20/h5-6,9,12-14,17,20H,4,7-8,10-11H2,1-3H3. The minimum absolute atomic E-state index is 0.234. The normalized spacial score (nSPS) is 22.0. The molecule has 2 N–H and O–H groups in total. The van der Waals surface area contributed by atoms with E-state index >= 15 is 0 Å². The second kappa shape index (κ2) is 7.04. The number of nitrogens with one attached hydrogen (secondary N) is 1. The predicted molar refractivity (Wildman–Crippen MR) is 82.9 cm³/mol. The molecule has 1 saturated heterocycles. The summed E-state index contributed by atoms with van der Waals surface area (Å²) in [6.07, 6.45) is 3.81. The average Bonchev–Trinajstić information content (AvgIpc) is 2.94. The largest absolute Gasteiger partial charge is 0.393 e.